The topological polar surface area (TPSA) is 61.4 Å². The van der Waals surface area contributed by atoms with E-state index in [0.717, 1.165) is 32.6 Å². The van der Waals surface area contributed by atoms with Crippen molar-refractivity contribution in [3.8, 4) is 0 Å². The molecule has 0 saturated carbocycles. The Morgan fingerprint density at radius 2 is 2.14 bits per heavy atom. The van der Waals surface area contributed by atoms with Crippen LogP contribution in [-0.4, -0.2) is 64.4 Å². The molecule has 0 spiro atoms. The Kier molecular flexibility index (Phi) is 4.34. The van der Waals surface area contributed by atoms with Crippen LogP contribution in [0.25, 0.3) is 0 Å². The quantitative estimate of drug-likeness (QED) is 0.906. The van der Waals surface area contributed by atoms with E-state index < -0.39 is 0 Å². The molecule has 2 aliphatic rings. The first kappa shape index (κ1) is 14.3. The lowest BCUT2D eigenvalue weighted by atomic mass is 10.2. The van der Waals surface area contributed by atoms with Gasteiger partial charge in [0, 0.05) is 32.2 Å². The van der Waals surface area contributed by atoms with Crippen molar-refractivity contribution in [1.29, 1.82) is 0 Å². The maximum Gasteiger partial charge on any atom is 0.274 e. The summed E-state index contributed by atoms with van der Waals surface area (Å²) in [6.45, 7) is 6.75. The molecule has 3 heterocycles. The SMILES string of the molecule is CCNc1cnc(C(=O)N2CCCN3CCCC3C2)cn1. The lowest BCUT2D eigenvalue weighted by Gasteiger charge is -2.25. The molecule has 1 aromatic heterocycles. The molecule has 0 aromatic carbocycles. The molecule has 0 bridgehead atoms. The van der Waals surface area contributed by atoms with Crippen molar-refractivity contribution in [2.75, 3.05) is 38.0 Å². The highest BCUT2D eigenvalue weighted by atomic mass is 16.2. The van der Waals surface area contributed by atoms with Crippen LogP contribution in [0, 0.1) is 0 Å². The minimum atomic E-state index is 0.0132. The normalized spacial score (nSPS) is 22.7. The number of carbonyl (C=O) groups is 1. The van der Waals surface area contributed by atoms with E-state index in [-0.39, 0.29) is 5.91 Å². The number of aromatic nitrogens is 2. The highest BCUT2D eigenvalue weighted by molar-refractivity contribution is 5.92. The monoisotopic (exact) mass is 289 g/mol. The Labute approximate surface area is 125 Å². The van der Waals surface area contributed by atoms with E-state index in [4.69, 9.17) is 0 Å². The maximum absolute atomic E-state index is 12.6. The van der Waals surface area contributed by atoms with Crippen LogP contribution in [0.1, 0.15) is 36.7 Å². The summed E-state index contributed by atoms with van der Waals surface area (Å²) in [4.78, 5) is 25.6. The zero-order valence-corrected chi connectivity index (χ0v) is 12.6. The van der Waals surface area contributed by atoms with Crippen molar-refractivity contribution in [2.24, 2.45) is 0 Å². The summed E-state index contributed by atoms with van der Waals surface area (Å²) in [6.07, 6.45) is 6.72. The number of nitrogens with zero attached hydrogens (tertiary/aromatic N) is 4. The number of carbonyl (C=O) groups excluding carboxylic acids is 1. The van der Waals surface area contributed by atoms with Gasteiger partial charge in [0.25, 0.3) is 5.91 Å². The van der Waals surface area contributed by atoms with E-state index >= 15 is 0 Å². The van der Waals surface area contributed by atoms with Crippen LogP contribution < -0.4 is 5.32 Å². The van der Waals surface area contributed by atoms with Gasteiger partial charge in [0.05, 0.1) is 12.4 Å². The molecule has 1 N–H and O–H groups in total. The minimum absolute atomic E-state index is 0.0132. The van der Waals surface area contributed by atoms with Crippen molar-refractivity contribution >= 4 is 11.7 Å². The van der Waals surface area contributed by atoms with Gasteiger partial charge in [-0.3, -0.25) is 9.69 Å². The minimum Gasteiger partial charge on any atom is -0.369 e. The maximum atomic E-state index is 12.6. The van der Waals surface area contributed by atoms with E-state index in [9.17, 15) is 4.79 Å². The molecule has 114 valence electrons. The fourth-order valence-electron chi connectivity index (χ4n) is 3.26. The Hall–Kier alpha value is -1.69. The van der Waals surface area contributed by atoms with Crippen LogP contribution in [0.5, 0.6) is 0 Å². The molecule has 21 heavy (non-hydrogen) atoms. The third-order valence-corrected chi connectivity index (χ3v) is 4.32. The third kappa shape index (κ3) is 3.15. The number of rotatable bonds is 3. The van der Waals surface area contributed by atoms with Gasteiger partial charge in [-0.2, -0.15) is 0 Å². The molecule has 0 aliphatic carbocycles. The van der Waals surface area contributed by atoms with Gasteiger partial charge in [0.2, 0.25) is 0 Å². The number of anilines is 1. The second-order valence-corrected chi connectivity index (χ2v) is 5.75. The number of nitrogens with one attached hydrogen (secondary N) is 1. The van der Waals surface area contributed by atoms with Gasteiger partial charge in [-0.05, 0) is 32.7 Å². The average molecular weight is 289 g/mol. The second kappa shape index (κ2) is 6.39. The van der Waals surface area contributed by atoms with Gasteiger partial charge >= 0.3 is 0 Å². The van der Waals surface area contributed by atoms with Gasteiger partial charge in [-0.1, -0.05) is 0 Å². The Bertz CT molecular complexity index is 489. The van der Waals surface area contributed by atoms with Crippen molar-refractivity contribution in [3.63, 3.8) is 0 Å². The highest BCUT2D eigenvalue weighted by Crippen LogP contribution is 2.22. The fraction of sp³-hybridized carbons (Fsp3) is 0.667. The Morgan fingerprint density at radius 3 is 2.90 bits per heavy atom. The first-order chi connectivity index (χ1) is 10.3. The molecule has 1 unspecified atom stereocenters. The number of hydrogen-bond donors (Lipinski definition) is 1. The van der Waals surface area contributed by atoms with Gasteiger partial charge in [0.1, 0.15) is 11.5 Å². The van der Waals surface area contributed by atoms with Crippen LogP contribution in [0.3, 0.4) is 0 Å². The molecule has 1 amide bonds. The Balaban J connectivity index is 1.68. The standard InChI is InChI=1S/C15H23N5O/c1-2-16-14-10-17-13(9-18-14)15(21)20-8-4-7-19-6-3-5-12(19)11-20/h9-10,12H,2-8,11H2,1H3,(H,16,18). The van der Waals surface area contributed by atoms with Crippen LogP contribution in [0.4, 0.5) is 5.82 Å². The van der Waals surface area contributed by atoms with E-state index in [1.165, 1.54) is 19.4 Å². The summed E-state index contributed by atoms with van der Waals surface area (Å²) in [7, 11) is 0. The molecule has 2 fully saturated rings. The van der Waals surface area contributed by atoms with Crippen LogP contribution >= 0.6 is 0 Å². The zero-order valence-electron chi connectivity index (χ0n) is 12.6. The zero-order chi connectivity index (χ0) is 14.7. The second-order valence-electron chi connectivity index (χ2n) is 5.75. The van der Waals surface area contributed by atoms with Crippen molar-refractivity contribution in [2.45, 2.75) is 32.2 Å². The molecule has 1 atom stereocenters. The molecule has 2 saturated heterocycles. The van der Waals surface area contributed by atoms with E-state index in [1.54, 1.807) is 12.4 Å². The molecular formula is C15H23N5O. The number of amides is 1. The summed E-state index contributed by atoms with van der Waals surface area (Å²) in [5.41, 5.74) is 0.447. The first-order valence-electron chi connectivity index (χ1n) is 7.87. The van der Waals surface area contributed by atoms with Crippen LogP contribution in [0.15, 0.2) is 12.4 Å². The number of hydrogen-bond acceptors (Lipinski definition) is 5. The molecule has 6 nitrogen and oxygen atoms in total. The van der Waals surface area contributed by atoms with Crippen molar-refractivity contribution < 1.29 is 4.79 Å². The fourth-order valence-corrected chi connectivity index (χ4v) is 3.26. The average Bonchev–Trinajstić information content (AvgIpc) is 2.85. The van der Waals surface area contributed by atoms with Crippen molar-refractivity contribution in [1.82, 2.24) is 19.8 Å². The van der Waals surface area contributed by atoms with E-state index in [2.05, 4.69) is 20.2 Å². The van der Waals surface area contributed by atoms with E-state index in [0.29, 0.717) is 17.6 Å². The first-order valence-corrected chi connectivity index (χ1v) is 7.87. The predicted octanol–water partition coefficient (Wildman–Crippen LogP) is 1.22. The lowest BCUT2D eigenvalue weighted by molar-refractivity contribution is 0.0737. The van der Waals surface area contributed by atoms with Crippen LogP contribution in [-0.2, 0) is 0 Å². The Morgan fingerprint density at radius 1 is 1.29 bits per heavy atom. The van der Waals surface area contributed by atoms with Gasteiger partial charge in [0.15, 0.2) is 0 Å². The number of fused-ring (bicyclic) bond motifs is 1. The van der Waals surface area contributed by atoms with E-state index in [1.807, 2.05) is 11.8 Å². The largest absolute Gasteiger partial charge is 0.369 e. The summed E-state index contributed by atoms with van der Waals surface area (Å²) in [6, 6.07) is 0.533. The third-order valence-electron chi connectivity index (χ3n) is 4.32. The molecule has 2 aliphatic heterocycles. The summed E-state index contributed by atoms with van der Waals surface area (Å²) in [5, 5.41) is 3.09. The predicted molar refractivity (Wildman–Crippen MR) is 81.3 cm³/mol. The van der Waals surface area contributed by atoms with Gasteiger partial charge in [-0.15, -0.1) is 0 Å². The van der Waals surface area contributed by atoms with Crippen LogP contribution in [0.2, 0.25) is 0 Å². The summed E-state index contributed by atoms with van der Waals surface area (Å²) < 4.78 is 0. The smallest absolute Gasteiger partial charge is 0.274 e. The highest BCUT2D eigenvalue weighted by Gasteiger charge is 2.31. The summed E-state index contributed by atoms with van der Waals surface area (Å²) in [5.74, 6) is 0.728. The molecule has 6 heteroatoms. The van der Waals surface area contributed by atoms with Gasteiger partial charge < -0.3 is 10.2 Å². The molecular weight excluding hydrogens is 266 g/mol. The molecule has 0 radical (unpaired) electrons. The van der Waals surface area contributed by atoms with Gasteiger partial charge in [-0.25, -0.2) is 9.97 Å². The van der Waals surface area contributed by atoms with Crippen molar-refractivity contribution in [3.05, 3.63) is 18.1 Å². The summed E-state index contributed by atoms with van der Waals surface area (Å²) >= 11 is 0. The molecule has 3 rings (SSSR count). The molecule has 1 aromatic rings. The lowest BCUT2D eigenvalue weighted by Crippen LogP contribution is -2.40.